The smallest absolute Gasteiger partial charge is 0.267 e. The third kappa shape index (κ3) is 6.18. The highest BCUT2D eigenvalue weighted by Gasteiger charge is 2.22. The molecule has 5 rings (SSSR count). The maximum atomic E-state index is 13.7. The molecule has 6 nitrogen and oxygen atoms in total. The average molecular weight is 523 g/mol. The van der Waals surface area contributed by atoms with Crippen LogP contribution in [0.2, 0.25) is 0 Å². The Balaban J connectivity index is 1.31. The van der Waals surface area contributed by atoms with E-state index in [2.05, 4.69) is 10.00 Å². The summed E-state index contributed by atoms with van der Waals surface area (Å²) >= 11 is 1.72. The summed E-state index contributed by atoms with van der Waals surface area (Å²) in [6.45, 7) is 4.11. The van der Waals surface area contributed by atoms with Crippen LogP contribution in [0.3, 0.4) is 0 Å². The number of nitrogens with zero attached hydrogens (tertiary/aromatic N) is 4. The Labute approximate surface area is 218 Å². The lowest BCUT2D eigenvalue weighted by molar-refractivity contribution is 0.130. The lowest BCUT2D eigenvalue weighted by Crippen LogP contribution is -2.35. The summed E-state index contributed by atoms with van der Waals surface area (Å²) in [6.07, 6.45) is 4.23. The van der Waals surface area contributed by atoms with Crippen molar-refractivity contribution in [2.45, 2.75) is 25.3 Å². The van der Waals surface area contributed by atoms with Gasteiger partial charge in [-0.05, 0) is 61.7 Å². The molecule has 0 amide bonds. The van der Waals surface area contributed by atoms with Gasteiger partial charge in [0.25, 0.3) is 5.56 Å². The van der Waals surface area contributed by atoms with Crippen LogP contribution in [0.5, 0.6) is 0 Å². The quantitative estimate of drug-likeness (QED) is 0.319. The molecule has 0 saturated carbocycles. The van der Waals surface area contributed by atoms with Crippen molar-refractivity contribution in [3.05, 3.63) is 93.2 Å². The van der Waals surface area contributed by atoms with Crippen LogP contribution in [-0.4, -0.2) is 53.0 Å². The number of hydrogen-bond acceptors (Lipinski definition) is 6. The van der Waals surface area contributed by atoms with Gasteiger partial charge < -0.3 is 9.64 Å². The van der Waals surface area contributed by atoms with Crippen LogP contribution >= 0.6 is 11.3 Å². The molecule has 2 aromatic carbocycles. The van der Waals surface area contributed by atoms with Gasteiger partial charge in [-0.2, -0.15) is 5.10 Å². The maximum absolute atomic E-state index is 13.7. The third-order valence-corrected chi connectivity index (χ3v) is 7.87. The van der Waals surface area contributed by atoms with Crippen molar-refractivity contribution >= 4 is 11.3 Å². The Morgan fingerprint density at radius 2 is 1.81 bits per heavy atom. The van der Waals surface area contributed by atoms with Crippen molar-refractivity contribution in [2.75, 3.05) is 33.4 Å². The topological polar surface area (TPSA) is 60.2 Å². The molecule has 192 valence electrons. The zero-order valence-electron chi connectivity index (χ0n) is 20.6. The fourth-order valence-corrected chi connectivity index (χ4v) is 5.75. The summed E-state index contributed by atoms with van der Waals surface area (Å²) in [5, 5.41) is 5.31. The number of benzene rings is 2. The van der Waals surface area contributed by atoms with Crippen LogP contribution in [-0.2, 0) is 11.3 Å². The Hall–Kier alpha value is -3.27. The number of thiazole rings is 1. The molecule has 3 heterocycles. The van der Waals surface area contributed by atoms with E-state index in [9.17, 15) is 13.6 Å². The highest BCUT2D eigenvalue weighted by molar-refractivity contribution is 7.15. The van der Waals surface area contributed by atoms with Crippen molar-refractivity contribution in [1.29, 1.82) is 0 Å². The number of aromatic nitrogens is 3. The lowest BCUT2D eigenvalue weighted by atomic mass is 9.96. The van der Waals surface area contributed by atoms with Gasteiger partial charge in [-0.1, -0.05) is 18.2 Å². The molecule has 4 aromatic rings. The van der Waals surface area contributed by atoms with E-state index in [1.807, 2.05) is 30.5 Å². The molecule has 0 unspecified atom stereocenters. The second kappa shape index (κ2) is 11.4. The second-order valence-electron chi connectivity index (χ2n) is 9.25. The molecular formula is C28H28F2N4O2S. The number of piperidine rings is 1. The molecule has 1 fully saturated rings. The van der Waals surface area contributed by atoms with Gasteiger partial charge in [-0.25, -0.2) is 18.4 Å². The van der Waals surface area contributed by atoms with E-state index in [1.54, 1.807) is 18.4 Å². The van der Waals surface area contributed by atoms with Crippen molar-refractivity contribution in [3.63, 3.8) is 0 Å². The fourth-order valence-electron chi connectivity index (χ4n) is 4.66. The summed E-state index contributed by atoms with van der Waals surface area (Å²) in [7, 11) is 1.74. The van der Waals surface area contributed by atoms with Gasteiger partial charge in [0, 0.05) is 48.0 Å². The van der Waals surface area contributed by atoms with Gasteiger partial charge >= 0.3 is 0 Å². The molecule has 37 heavy (non-hydrogen) atoms. The number of likely N-dealkylation sites (tertiary alicyclic amines) is 1. The molecule has 0 spiro atoms. The lowest BCUT2D eigenvalue weighted by Gasteiger charge is -2.31. The summed E-state index contributed by atoms with van der Waals surface area (Å²) in [4.78, 5) is 20.9. The van der Waals surface area contributed by atoms with Crippen LogP contribution in [0.15, 0.2) is 65.6 Å². The highest BCUT2D eigenvalue weighted by Crippen LogP contribution is 2.35. The van der Waals surface area contributed by atoms with Crippen molar-refractivity contribution in [1.82, 2.24) is 19.7 Å². The van der Waals surface area contributed by atoms with Gasteiger partial charge in [0.05, 0.1) is 18.8 Å². The first-order valence-corrected chi connectivity index (χ1v) is 13.1. The molecule has 9 heteroatoms. The minimum atomic E-state index is -0.693. The van der Waals surface area contributed by atoms with Crippen LogP contribution < -0.4 is 5.56 Å². The predicted molar refractivity (Wildman–Crippen MR) is 141 cm³/mol. The zero-order valence-corrected chi connectivity index (χ0v) is 21.4. The first-order valence-electron chi connectivity index (χ1n) is 12.3. The van der Waals surface area contributed by atoms with Gasteiger partial charge in [-0.15, -0.1) is 11.3 Å². The molecule has 0 aliphatic carbocycles. The first-order chi connectivity index (χ1) is 18.0. The van der Waals surface area contributed by atoms with E-state index < -0.39 is 11.6 Å². The van der Waals surface area contributed by atoms with E-state index in [0.29, 0.717) is 11.6 Å². The minimum absolute atomic E-state index is 0.233. The molecule has 1 aliphatic heterocycles. The summed E-state index contributed by atoms with van der Waals surface area (Å²) in [5.41, 5.74) is 2.19. The maximum Gasteiger partial charge on any atom is 0.267 e. The van der Waals surface area contributed by atoms with Gasteiger partial charge in [-0.3, -0.25) is 4.79 Å². The first kappa shape index (κ1) is 25.4. The van der Waals surface area contributed by atoms with Crippen molar-refractivity contribution < 1.29 is 13.5 Å². The molecule has 1 saturated heterocycles. The van der Waals surface area contributed by atoms with Crippen molar-refractivity contribution in [3.8, 4) is 21.8 Å². The molecule has 1 aliphatic rings. The normalized spacial score (nSPS) is 14.8. The van der Waals surface area contributed by atoms with Crippen molar-refractivity contribution in [2.24, 2.45) is 0 Å². The molecule has 2 aromatic heterocycles. The van der Waals surface area contributed by atoms with E-state index >= 15 is 0 Å². The Bertz CT molecular complexity index is 1410. The van der Waals surface area contributed by atoms with Crippen LogP contribution in [0, 0.1) is 11.6 Å². The molecule has 0 N–H and O–H groups in total. The summed E-state index contributed by atoms with van der Waals surface area (Å²) < 4.78 is 33.9. The van der Waals surface area contributed by atoms with Gasteiger partial charge in [0.1, 0.15) is 16.6 Å². The Kier molecular flexibility index (Phi) is 7.83. The largest absolute Gasteiger partial charge is 0.383 e. The third-order valence-electron chi connectivity index (χ3n) is 6.66. The highest BCUT2D eigenvalue weighted by atomic mass is 32.1. The van der Waals surface area contributed by atoms with Crippen LogP contribution in [0.4, 0.5) is 8.78 Å². The Morgan fingerprint density at radius 1 is 1.03 bits per heavy atom. The minimum Gasteiger partial charge on any atom is -0.383 e. The number of hydrogen-bond donors (Lipinski definition) is 0. The number of ether oxygens (including phenoxy) is 1. The van der Waals surface area contributed by atoms with Gasteiger partial charge in [0.15, 0.2) is 0 Å². The number of methoxy groups -OCH3 is 1. The summed E-state index contributed by atoms with van der Waals surface area (Å²) in [5.74, 6) is -0.866. The monoisotopic (exact) mass is 522 g/mol. The molecule has 0 bridgehead atoms. The zero-order chi connectivity index (χ0) is 25.8. The average Bonchev–Trinajstić information content (AvgIpc) is 3.39. The molecule has 0 atom stereocenters. The predicted octanol–water partition coefficient (Wildman–Crippen LogP) is 5.19. The SMILES string of the molecule is COCCN1CCC(c2cnc(-c3cccc(Cn4nc(-c5cc(F)cc(F)c5)ccc4=O)c3)s2)CC1. The Morgan fingerprint density at radius 3 is 2.57 bits per heavy atom. The van der Waals surface area contributed by atoms with Crippen LogP contribution in [0.1, 0.15) is 29.2 Å². The number of halogens is 2. The molecular weight excluding hydrogens is 494 g/mol. The van der Waals surface area contributed by atoms with Gasteiger partial charge in [0.2, 0.25) is 0 Å². The van der Waals surface area contributed by atoms with E-state index in [4.69, 9.17) is 9.72 Å². The van der Waals surface area contributed by atoms with E-state index in [1.165, 1.54) is 33.8 Å². The van der Waals surface area contributed by atoms with E-state index in [0.717, 1.165) is 61.3 Å². The van der Waals surface area contributed by atoms with E-state index in [-0.39, 0.29) is 17.7 Å². The van der Waals surface area contributed by atoms with Crippen LogP contribution in [0.25, 0.3) is 21.8 Å². The standard InChI is InChI=1S/C28H28F2N4O2S/c1-36-12-11-33-9-7-20(8-10-33)26-17-31-28(37-26)21-4-2-3-19(13-21)18-34-27(35)6-5-25(32-34)22-14-23(29)16-24(30)15-22/h2-6,13-17,20H,7-12,18H2,1H3. The number of rotatable bonds is 8. The fraction of sp³-hybridized carbons (Fsp3) is 0.321. The summed E-state index contributed by atoms with van der Waals surface area (Å²) in [6, 6.07) is 13.9. The molecule has 0 radical (unpaired) electrons. The second-order valence-corrected chi connectivity index (χ2v) is 10.3.